The van der Waals surface area contributed by atoms with E-state index in [1.807, 2.05) is 11.1 Å². The second kappa shape index (κ2) is 6.49. The molecule has 0 aromatic carbocycles. The fourth-order valence-electron chi connectivity index (χ4n) is 2.20. The Bertz CT molecular complexity index is 384. The highest BCUT2D eigenvalue weighted by atomic mass is 16.2. The SMILES string of the molecule is NCCCc1cn(CC(=O)N2CCCCC2)nn1. The lowest BCUT2D eigenvalue weighted by Crippen LogP contribution is -2.37. The normalized spacial score (nSPS) is 15.9. The molecule has 0 unspecified atom stereocenters. The van der Waals surface area contributed by atoms with Gasteiger partial charge in [0.2, 0.25) is 5.91 Å². The first kappa shape index (κ1) is 13.0. The van der Waals surface area contributed by atoms with Crippen LogP contribution in [0.1, 0.15) is 31.4 Å². The predicted octanol–water partition coefficient (Wildman–Crippen LogP) is 0.182. The van der Waals surface area contributed by atoms with Crippen LogP contribution in [0.2, 0.25) is 0 Å². The number of nitrogens with zero attached hydrogens (tertiary/aromatic N) is 4. The van der Waals surface area contributed by atoms with Crippen molar-refractivity contribution in [3.63, 3.8) is 0 Å². The van der Waals surface area contributed by atoms with Gasteiger partial charge < -0.3 is 10.6 Å². The van der Waals surface area contributed by atoms with E-state index in [1.165, 1.54) is 6.42 Å². The molecule has 0 radical (unpaired) electrons. The zero-order valence-electron chi connectivity index (χ0n) is 10.7. The molecule has 1 aliphatic rings. The Kier molecular flexibility index (Phi) is 4.69. The van der Waals surface area contributed by atoms with E-state index in [4.69, 9.17) is 5.73 Å². The van der Waals surface area contributed by atoms with Crippen molar-refractivity contribution in [2.24, 2.45) is 5.73 Å². The molecule has 2 N–H and O–H groups in total. The van der Waals surface area contributed by atoms with Crippen LogP contribution in [0, 0.1) is 0 Å². The molecule has 18 heavy (non-hydrogen) atoms. The van der Waals surface area contributed by atoms with Crippen molar-refractivity contribution in [2.45, 2.75) is 38.6 Å². The van der Waals surface area contributed by atoms with Gasteiger partial charge in [0.15, 0.2) is 0 Å². The van der Waals surface area contributed by atoms with Crippen LogP contribution in [-0.2, 0) is 17.8 Å². The van der Waals surface area contributed by atoms with Crippen LogP contribution in [0.25, 0.3) is 0 Å². The van der Waals surface area contributed by atoms with Gasteiger partial charge in [-0.1, -0.05) is 5.21 Å². The minimum absolute atomic E-state index is 0.143. The predicted molar refractivity (Wildman–Crippen MR) is 67.8 cm³/mol. The van der Waals surface area contributed by atoms with Gasteiger partial charge in [0, 0.05) is 19.3 Å². The summed E-state index contributed by atoms with van der Waals surface area (Å²) in [7, 11) is 0. The van der Waals surface area contributed by atoms with Gasteiger partial charge in [0.1, 0.15) is 6.54 Å². The van der Waals surface area contributed by atoms with E-state index in [2.05, 4.69) is 10.3 Å². The molecule has 100 valence electrons. The lowest BCUT2D eigenvalue weighted by molar-refractivity contribution is -0.132. The number of hydrogen-bond donors (Lipinski definition) is 1. The number of aryl methyl sites for hydroxylation is 1. The van der Waals surface area contributed by atoms with Crippen molar-refractivity contribution >= 4 is 5.91 Å². The summed E-state index contributed by atoms with van der Waals surface area (Å²) in [5.41, 5.74) is 6.35. The first-order chi connectivity index (χ1) is 8.79. The van der Waals surface area contributed by atoms with Gasteiger partial charge in [-0.2, -0.15) is 0 Å². The number of piperidine rings is 1. The lowest BCUT2D eigenvalue weighted by Gasteiger charge is -2.26. The van der Waals surface area contributed by atoms with Crippen LogP contribution in [-0.4, -0.2) is 45.4 Å². The maximum absolute atomic E-state index is 12.0. The lowest BCUT2D eigenvalue weighted by atomic mass is 10.1. The average Bonchev–Trinajstić information content (AvgIpc) is 2.85. The first-order valence-corrected chi connectivity index (χ1v) is 6.66. The molecule has 0 spiro atoms. The molecule has 0 aliphatic carbocycles. The molecule has 1 aromatic rings. The van der Waals surface area contributed by atoms with Crippen molar-refractivity contribution in [2.75, 3.05) is 19.6 Å². The number of nitrogens with two attached hydrogens (primary N) is 1. The van der Waals surface area contributed by atoms with E-state index in [0.29, 0.717) is 13.1 Å². The van der Waals surface area contributed by atoms with E-state index in [-0.39, 0.29) is 5.91 Å². The third-order valence-electron chi connectivity index (χ3n) is 3.23. The second-order valence-electron chi connectivity index (χ2n) is 4.74. The summed E-state index contributed by atoms with van der Waals surface area (Å²) in [6, 6.07) is 0. The van der Waals surface area contributed by atoms with Crippen LogP contribution in [0.4, 0.5) is 0 Å². The standard InChI is InChI=1S/C12H21N5O/c13-6-4-5-11-9-17(15-14-11)10-12(18)16-7-2-1-3-8-16/h9H,1-8,10,13H2. The summed E-state index contributed by atoms with van der Waals surface area (Å²) in [5.74, 6) is 0.143. The third-order valence-corrected chi connectivity index (χ3v) is 3.23. The molecule has 1 amide bonds. The average molecular weight is 251 g/mol. The maximum atomic E-state index is 12.0. The number of carbonyl (C=O) groups excluding carboxylic acids is 1. The third kappa shape index (κ3) is 3.53. The molecule has 1 saturated heterocycles. The largest absolute Gasteiger partial charge is 0.341 e. The van der Waals surface area contributed by atoms with Crippen molar-refractivity contribution in [3.8, 4) is 0 Å². The Hall–Kier alpha value is -1.43. The Labute approximate surface area is 107 Å². The molecular formula is C12H21N5O. The highest BCUT2D eigenvalue weighted by molar-refractivity contribution is 5.75. The van der Waals surface area contributed by atoms with Crippen molar-refractivity contribution < 1.29 is 4.79 Å². The first-order valence-electron chi connectivity index (χ1n) is 6.66. The molecule has 1 aromatic heterocycles. The summed E-state index contributed by atoms with van der Waals surface area (Å²) < 4.78 is 1.63. The molecule has 0 atom stereocenters. The van der Waals surface area contributed by atoms with Crippen LogP contribution in [0.3, 0.4) is 0 Å². The number of aromatic nitrogens is 3. The van der Waals surface area contributed by atoms with Gasteiger partial charge in [-0.05, 0) is 38.6 Å². The van der Waals surface area contributed by atoms with Gasteiger partial charge in [0.25, 0.3) is 0 Å². The van der Waals surface area contributed by atoms with Crippen molar-refractivity contribution in [3.05, 3.63) is 11.9 Å². The highest BCUT2D eigenvalue weighted by Crippen LogP contribution is 2.09. The van der Waals surface area contributed by atoms with E-state index < -0.39 is 0 Å². The van der Waals surface area contributed by atoms with Crippen LogP contribution < -0.4 is 5.73 Å². The van der Waals surface area contributed by atoms with E-state index >= 15 is 0 Å². The van der Waals surface area contributed by atoms with E-state index in [9.17, 15) is 4.79 Å². The molecule has 2 rings (SSSR count). The Morgan fingerprint density at radius 3 is 2.83 bits per heavy atom. The molecule has 1 aliphatic heterocycles. The van der Waals surface area contributed by atoms with Crippen LogP contribution >= 0.6 is 0 Å². The monoisotopic (exact) mass is 251 g/mol. The Morgan fingerprint density at radius 2 is 2.11 bits per heavy atom. The van der Waals surface area contributed by atoms with E-state index in [0.717, 1.165) is 44.5 Å². The zero-order valence-corrected chi connectivity index (χ0v) is 10.7. The molecule has 1 fully saturated rings. The van der Waals surface area contributed by atoms with Gasteiger partial charge in [0.05, 0.1) is 5.69 Å². The zero-order chi connectivity index (χ0) is 12.8. The second-order valence-corrected chi connectivity index (χ2v) is 4.74. The van der Waals surface area contributed by atoms with Crippen LogP contribution in [0.5, 0.6) is 0 Å². The van der Waals surface area contributed by atoms with Gasteiger partial charge in [-0.25, -0.2) is 4.68 Å². The van der Waals surface area contributed by atoms with Crippen molar-refractivity contribution in [1.29, 1.82) is 0 Å². The summed E-state index contributed by atoms with van der Waals surface area (Å²) in [5, 5.41) is 8.02. The topological polar surface area (TPSA) is 77.0 Å². The minimum atomic E-state index is 0.143. The summed E-state index contributed by atoms with van der Waals surface area (Å²) in [6.07, 6.45) is 7.04. The number of amides is 1. The smallest absolute Gasteiger partial charge is 0.244 e. The molecule has 6 heteroatoms. The summed E-state index contributed by atoms with van der Waals surface area (Å²) in [6.45, 7) is 2.72. The van der Waals surface area contributed by atoms with Gasteiger partial charge in [-0.3, -0.25) is 4.79 Å². The fourth-order valence-corrected chi connectivity index (χ4v) is 2.20. The highest BCUT2D eigenvalue weighted by Gasteiger charge is 2.17. The minimum Gasteiger partial charge on any atom is -0.341 e. The Morgan fingerprint density at radius 1 is 1.33 bits per heavy atom. The van der Waals surface area contributed by atoms with E-state index in [1.54, 1.807) is 4.68 Å². The number of likely N-dealkylation sites (tertiary alicyclic amines) is 1. The molecule has 2 heterocycles. The molecule has 0 bridgehead atoms. The van der Waals surface area contributed by atoms with Gasteiger partial charge >= 0.3 is 0 Å². The number of hydrogen-bond acceptors (Lipinski definition) is 4. The number of rotatable bonds is 5. The fraction of sp³-hybridized carbons (Fsp3) is 0.750. The van der Waals surface area contributed by atoms with Crippen LogP contribution in [0.15, 0.2) is 6.20 Å². The van der Waals surface area contributed by atoms with Crippen molar-refractivity contribution in [1.82, 2.24) is 19.9 Å². The summed E-state index contributed by atoms with van der Waals surface area (Å²) >= 11 is 0. The molecular weight excluding hydrogens is 230 g/mol. The van der Waals surface area contributed by atoms with Gasteiger partial charge in [-0.15, -0.1) is 5.10 Å². The molecule has 6 nitrogen and oxygen atoms in total. The maximum Gasteiger partial charge on any atom is 0.244 e. The molecule has 0 saturated carbocycles. The number of carbonyl (C=O) groups is 1. The summed E-state index contributed by atoms with van der Waals surface area (Å²) in [4.78, 5) is 13.9. The Balaban J connectivity index is 1.84. The quantitative estimate of drug-likeness (QED) is 0.810.